The molecule has 0 radical (unpaired) electrons. The molecule has 0 aliphatic carbocycles. The predicted molar refractivity (Wildman–Crippen MR) is 99.6 cm³/mol. The molecule has 2 aromatic carbocycles. The van der Waals surface area contributed by atoms with E-state index in [4.69, 9.17) is 23.2 Å². The molecule has 140 valence electrons. The number of amides is 1. The zero-order chi connectivity index (χ0) is 19.4. The molecule has 1 amide bonds. The van der Waals surface area contributed by atoms with E-state index in [1.54, 1.807) is 30.3 Å². The maximum absolute atomic E-state index is 13.2. The van der Waals surface area contributed by atoms with Crippen molar-refractivity contribution in [1.29, 1.82) is 0 Å². The van der Waals surface area contributed by atoms with Crippen LogP contribution >= 0.6 is 23.2 Å². The number of alkyl halides is 5. The predicted octanol–water partition coefficient (Wildman–Crippen LogP) is 6.47. The van der Waals surface area contributed by atoms with Gasteiger partial charge in [-0.1, -0.05) is 60.8 Å². The first-order chi connectivity index (χ1) is 12.2. The van der Waals surface area contributed by atoms with Gasteiger partial charge in [-0.3, -0.25) is 0 Å². The van der Waals surface area contributed by atoms with Crippen molar-refractivity contribution < 1.29 is 18.0 Å². The Hall–Kier alpha value is -1.56. The van der Waals surface area contributed by atoms with Crippen LogP contribution in [0.25, 0.3) is 0 Å². The molecule has 1 unspecified atom stereocenters. The van der Waals surface area contributed by atoms with Gasteiger partial charge in [-0.15, -0.1) is 0 Å². The Labute approximate surface area is 160 Å². The molecule has 1 atom stereocenters. The monoisotopic (exact) mass is 404 g/mol. The Morgan fingerprint density at radius 2 is 1.65 bits per heavy atom. The number of hydrogen-bond donors (Lipinski definition) is 0. The van der Waals surface area contributed by atoms with E-state index in [1.807, 2.05) is 6.92 Å². The second kappa shape index (κ2) is 8.42. The Morgan fingerprint density at radius 3 is 2.19 bits per heavy atom. The average molecular weight is 405 g/mol. The topological polar surface area (TPSA) is 17.1 Å². The van der Waals surface area contributed by atoms with Gasteiger partial charge < -0.3 is 0 Å². The van der Waals surface area contributed by atoms with Crippen molar-refractivity contribution in [2.24, 2.45) is 0 Å². The minimum Gasteiger partial charge on any atom is -0.227 e. The number of carbonyl (C=O) groups excluding carboxylic acids is 1. The van der Waals surface area contributed by atoms with Crippen LogP contribution in [-0.2, 0) is 11.0 Å². The number of rotatable bonds is 6. The Morgan fingerprint density at radius 1 is 1.04 bits per heavy atom. The van der Waals surface area contributed by atoms with Crippen LogP contribution in [0.1, 0.15) is 25.3 Å². The van der Waals surface area contributed by atoms with Gasteiger partial charge in [-0.25, -0.2) is 4.79 Å². The third-order valence-corrected chi connectivity index (χ3v) is 4.59. The van der Waals surface area contributed by atoms with Crippen molar-refractivity contribution in [2.75, 3.05) is 6.54 Å². The van der Waals surface area contributed by atoms with E-state index in [2.05, 4.69) is 0 Å². The fourth-order valence-corrected chi connectivity index (χ4v) is 3.27. The summed E-state index contributed by atoms with van der Waals surface area (Å²) in [5.74, 6) is -0.577. The van der Waals surface area contributed by atoms with E-state index in [0.717, 1.165) is 18.6 Å². The van der Waals surface area contributed by atoms with E-state index in [1.165, 1.54) is 12.1 Å². The number of benzene rings is 2. The van der Waals surface area contributed by atoms with Crippen LogP contribution in [-0.4, -0.2) is 17.3 Å². The first kappa shape index (κ1) is 20.7. The molecule has 0 aromatic heterocycles. The van der Waals surface area contributed by atoms with E-state index < -0.39 is 27.0 Å². The molecule has 0 heterocycles. The van der Waals surface area contributed by atoms with Gasteiger partial charge in [0.2, 0.25) is 4.84 Å². The minimum atomic E-state index is -4.52. The SMILES string of the molecule is CCCC[N+](C(=O)C(Cl)Cl)(c1ccccc1)c1cccc(C(F)(F)F)c1. The molecule has 26 heavy (non-hydrogen) atoms. The van der Waals surface area contributed by atoms with Crippen molar-refractivity contribution in [2.45, 2.75) is 30.8 Å². The number of unbranched alkanes of at least 4 members (excludes halogenated alkanes) is 1. The minimum absolute atomic E-state index is 0.191. The summed E-state index contributed by atoms with van der Waals surface area (Å²) in [5, 5.41) is 0. The van der Waals surface area contributed by atoms with Gasteiger partial charge in [-0.2, -0.15) is 17.7 Å². The first-order valence-corrected chi connectivity index (χ1v) is 9.05. The van der Waals surface area contributed by atoms with Crippen molar-refractivity contribution in [3.63, 3.8) is 0 Å². The quantitative estimate of drug-likeness (QED) is 0.397. The van der Waals surface area contributed by atoms with Crippen LogP contribution in [0, 0.1) is 0 Å². The van der Waals surface area contributed by atoms with Gasteiger partial charge in [0.05, 0.1) is 12.1 Å². The van der Waals surface area contributed by atoms with Crippen molar-refractivity contribution in [3.05, 3.63) is 60.2 Å². The fourth-order valence-electron chi connectivity index (χ4n) is 2.94. The van der Waals surface area contributed by atoms with Crippen molar-refractivity contribution in [3.8, 4) is 0 Å². The number of nitrogens with zero attached hydrogens (tertiary/aromatic N) is 1. The smallest absolute Gasteiger partial charge is 0.227 e. The summed E-state index contributed by atoms with van der Waals surface area (Å²) in [6.07, 6.45) is -3.15. The van der Waals surface area contributed by atoms with Gasteiger partial charge in [0, 0.05) is 24.3 Å². The zero-order valence-corrected chi connectivity index (χ0v) is 15.7. The first-order valence-electron chi connectivity index (χ1n) is 8.17. The lowest BCUT2D eigenvalue weighted by atomic mass is 10.1. The molecular formula is C19H19Cl2F3NO+. The summed E-state index contributed by atoms with van der Waals surface area (Å²) in [6.45, 7) is 2.20. The Kier molecular flexibility index (Phi) is 6.72. The van der Waals surface area contributed by atoms with Gasteiger partial charge in [0.15, 0.2) is 0 Å². The highest BCUT2D eigenvalue weighted by Gasteiger charge is 2.45. The number of quaternary nitrogens is 1. The lowest BCUT2D eigenvalue weighted by Crippen LogP contribution is -2.53. The molecule has 2 rings (SSSR count). The Balaban J connectivity index is 2.76. The van der Waals surface area contributed by atoms with Crippen LogP contribution in [0.4, 0.5) is 24.5 Å². The number of hydrogen-bond acceptors (Lipinski definition) is 1. The van der Waals surface area contributed by atoms with Crippen LogP contribution in [0.5, 0.6) is 0 Å². The van der Waals surface area contributed by atoms with Crippen molar-refractivity contribution in [1.82, 2.24) is 4.48 Å². The van der Waals surface area contributed by atoms with Gasteiger partial charge in [0.1, 0.15) is 11.4 Å². The van der Waals surface area contributed by atoms with E-state index in [9.17, 15) is 18.0 Å². The van der Waals surface area contributed by atoms with Gasteiger partial charge >= 0.3 is 12.1 Å². The molecule has 0 bridgehead atoms. The highest BCUT2D eigenvalue weighted by atomic mass is 35.5. The maximum Gasteiger partial charge on any atom is 0.416 e. The molecule has 0 N–H and O–H groups in total. The lowest BCUT2D eigenvalue weighted by Gasteiger charge is -2.35. The second-order valence-corrected chi connectivity index (χ2v) is 7.01. The maximum atomic E-state index is 13.2. The molecule has 0 aliphatic heterocycles. The van der Waals surface area contributed by atoms with Crippen LogP contribution < -0.4 is 4.48 Å². The average Bonchev–Trinajstić information content (AvgIpc) is 2.62. The number of halogens is 5. The summed E-state index contributed by atoms with van der Waals surface area (Å²) >= 11 is 11.8. The summed E-state index contributed by atoms with van der Waals surface area (Å²) in [4.78, 5) is 11.7. The lowest BCUT2D eigenvalue weighted by molar-refractivity contribution is -0.137. The molecule has 0 spiro atoms. The third kappa shape index (κ3) is 4.22. The highest BCUT2D eigenvalue weighted by Crippen LogP contribution is 2.40. The van der Waals surface area contributed by atoms with Crippen LogP contribution in [0.2, 0.25) is 0 Å². The van der Waals surface area contributed by atoms with Crippen LogP contribution in [0.15, 0.2) is 54.6 Å². The molecule has 0 aliphatic rings. The summed E-state index contributed by atoms with van der Waals surface area (Å²) in [5.41, 5.74) is -0.106. The van der Waals surface area contributed by atoms with Crippen molar-refractivity contribution >= 4 is 40.5 Å². The molecular weight excluding hydrogens is 386 g/mol. The summed E-state index contributed by atoms with van der Waals surface area (Å²) in [6, 6.07) is 13.4. The molecule has 0 fully saturated rings. The number of carbonyl (C=O) groups is 1. The second-order valence-electron chi connectivity index (χ2n) is 5.91. The van der Waals surface area contributed by atoms with Gasteiger partial charge in [0.25, 0.3) is 0 Å². The molecule has 2 nitrogen and oxygen atoms in total. The molecule has 7 heteroatoms. The molecule has 0 saturated heterocycles. The summed E-state index contributed by atoms with van der Waals surface area (Å²) < 4.78 is 39.2. The van der Waals surface area contributed by atoms with E-state index in [-0.39, 0.29) is 12.2 Å². The summed E-state index contributed by atoms with van der Waals surface area (Å²) in [7, 11) is 0. The van der Waals surface area contributed by atoms with E-state index in [0.29, 0.717) is 12.1 Å². The normalized spacial score (nSPS) is 14.3. The molecule has 0 saturated carbocycles. The third-order valence-electron chi connectivity index (χ3n) is 4.22. The highest BCUT2D eigenvalue weighted by molar-refractivity contribution is 6.54. The Bertz CT molecular complexity index is 750. The standard InChI is InChI=1S/C19H19Cl2F3NO/c1-2-3-12-25(18(26)17(20)21,15-9-5-4-6-10-15)16-11-7-8-14(13-16)19(22,23)24/h4-11,13,17H,2-3,12H2,1H3/q+1. The largest absolute Gasteiger partial charge is 0.416 e. The zero-order valence-electron chi connectivity index (χ0n) is 14.1. The molecule has 2 aromatic rings. The number of para-hydroxylation sites is 1. The van der Waals surface area contributed by atoms with Gasteiger partial charge in [-0.05, 0) is 12.5 Å². The van der Waals surface area contributed by atoms with E-state index >= 15 is 0 Å². The fraction of sp³-hybridized carbons (Fsp3) is 0.316. The van der Waals surface area contributed by atoms with Crippen LogP contribution in [0.3, 0.4) is 0 Å².